The summed E-state index contributed by atoms with van der Waals surface area (Å²) in [6.45, 7) is 2.74. The first kappa shape index (κ1) is 26.2. The molecule has 12 heteroatoms. The van der Waals surface area contributed by atoms with E-state index in [0.29, 0.717) is 53.4 Å². The van der Waals surface area contributed by atoms with Crippen molar-refractivity contribution in [2.45, 2.75) is 13.3 Å². The van der Waals surface area contributed by atoms with Gasteiger partial charge in [0.05, 0.1) is 24.4 Å². The summed E-state index contributed by atoms with van der Waals surface area (Å²) in [7, 11) is 2.93. The molecule has 202 valence electrons. The Morgan fingerprint density at radius 3 is 2.55 bits per heavy atom. The second-order valence-electron chi connectivity index (χ2n) is 9.08. The van der Waals surface area contributed by atoms with E-state index in [1.807, 2.05) is 13.0 Å². The summed E-state index contributed by atoms with van der Waals surface area (Å²) in [6.07, 6.45) is 2.15. The first-order valence-electron chi connectivity index (χ1n) is 12.5. The van der Waals surface area contributed by atoms with Crippen LogP contribution >= 0.6 is 0 Å². The molecule has 0 unspecified atom stereocenters. The minimum absolute atomic E-state index is 0.100. The number of ether oxygens (including phenoxy) is 1. The Hall–Kier alpha value is -5.44. The van der Waals surface area contributed by atoms with E-state index in [1.165, 1.54) is 18.7 Å². The number of primary amides is 1. The third kappa shape index (κ3) is 4.33. The number of aromatic nitrogens is 4. The van der Waals surface area contributed by atoms with E-state index < -0.39 is 11.6 Å². The molecule has 0 aliphatic carbocycles. The highest BCUT2D eigenvalue weighted by Crippen LogP contribution is 2.35. The van der Waals surface area contributed by atoms with Crippen molar-refractivity contribution >= 4 is 23.4 Å². The first-order valence-corrected chi connectivity index (χ1v) is 12.5. The number of hydrogen-bond donors (Lipinski definition) is 1. The molecule has 0 bridgehead atoms. The number of carbonyl (C=O) groups excluding carboxylic acids is 2. The smallest absolute Gasteiger partial charge is 0.353 e. The van der Waals surface area contributed by atoms with E-state index in [2.05, 4.69) is 16.2 Å². The van der Waals surface area contributed by atoms with Crippen LogP contribution in [-0.4, -0.2) is 51.5 Å². The molecule has 0 atom stereocenters. The van der Waals surface area contributed by atoms with Crippen molar-refractivity contribution in [1.82, 2.24) is 19.3 Å². The molecule has 40 heavy (non-hydrogen) atoms. The number of carbonyl (C=O) groups is 2. The minimum atomic E-state index is -0.570. The minimum Gasteiger partial charge on any atom is -0.467 e. The van der Waals surface area contributed by atoms with Gasteiger partial charge in [-0.1, -0.05) is 19.1 Å². The van der Waals surface area contributed by atoms with E-state index in [-0.39, 0.29) is 12.0 Å². The molecule has 2 aromatic heterocycles. The van der Waals surface area contributed by atoms with E-state index >= 15 is 0 Å². The van der Waals surface area contributed by atoms with Gasteiger partial charge in [0.1, 0.15) is 5.82 Å². The van der Waals surface area contributed by atoms with Crippen molar-refractivity contribution in [2.24, 2.45) is 12.8 Å². The zero-order valence-electron chi connectivity index (χ0n) is 22.2. The van der Waals surface area contributed by atoms with Crippen LogP contribution in [0.15, 0.2) is 59.5 Å². The number of amides is 3. The van der Waals surface area contributed by atoms with Gasteiger partial charge in [0.2, 0.25) is 5.91 Å². The molecule has 2 N–H and O–H groups in total. The number of anilines is 2. The highest BCUT2D eigenvalue weighted by Gasteiger charge is 2.33. The molecule has 0 radical (unpaired) electrons. The maximum absolute atomic E-state index is 13.5. The lowest BCUT2D eigenvalue weighted by Crippen LogP contribution is -2.33. The molecule has 0 saturated carbocycles. The number of benzene rings is 2. The van der Waals surface area contributed by atoms with Crippen molar-refractivity contribution in [3.8, 4) is 28.9 Å². The van der Waals surface area contributed by atoms with Crippen LogP contribution in [-0.2, 0) is 13.5 Å². The van der Waals surface area contributed by atoms with Crippen LogP contribution in [0.4, 0.5) is 16.3 Å². The standard InChI is InChI=1S/C28H26N8O4/c1-4-21-23(22-9-8-20(15-18(22)16-29)36-26(40-3)32-33(2)27(36)38)10-11-31-25(21)35-13-12-34(28(35)39)19-7-5-6-17(14-19)24(30)37/h5-11,14-15H,4,12-13H2,1-3H3,(H2,30,37). The maximum Gasteiger partial charge on any atom is 0.353 e. The van der Waals surface area contributed by atoms with Crippen molar-refractivity contribution in [1.29, 1.82) is 5.26 Å². The molecule has 4 aromatic rings. The molecule has 1 fully saturated rings. The summed E-state index contributed by atoms with van der Waals surface area (Å²) < 4.78 is 7.69. The zero-order chi connectivity index (χ0) is 28.6. The van der Waals surface area contributed by atoms with Gasteiger partial charge in [0.15, 0.2) is 0 Å². The van der Waals surface area contributed by atoms with Crippen LogP contribution in [0.2, 0.25) is 0 Å². The van der Waals surface area contributed by atoms with Crippen LogP contribution in [0.25, 0.3) is 16.8 Å². The molecule has 2 aromatic carbocycles. The highest BCUT2D eigenvalue weighted by molar-refractivity contribution is 6.07. The van der Waals surface area contributed by atoms with Crippen molar-refractivity contribution in [3.63, 3.8) is 0 Å². The van der Waals surface area contributed by atoms with E-state index in [4.69, 9.17) is 10.5 Å². The number of methoxy groups -OCH3 is 1. The second-order valence-corrected chi connectivity index (χ2v) is 9.08. The molecule has 1 aliphatic rings. The summed E-state index contributed by atoms with van der Waals surface area (Å²) in [4.78, 5) is 45.5. The van der Waals surface area contributed by atoms with Gasteiger partial charge in [-0.2, -0.15) is 5.26 Å². The molecular formula is C28H26N8O4. The topological polar surface area (TPSA) is 152 Å². The lowest BCUT2D eigenvalue weighted by Gasteiger charge is -2.22. The number of pyridine rings is 1. The van der Waals surface area contributed by atoms with E-state index in [0.717, 1.165) is 15.8 Å². The molecule has 5 rings (SSSR count). The first-order chi connectivity index (χ1) is 19.3. The van der Waals surface area contributed by atoms with E-state index in [9.17, 15) is 19.6 Å². The quantitative estimate of drug-likeness (QED) is 0.380. The maximum atomic E-state index is 13.5. The largest absolute Gasteiger partial charge is 0.467 e. The van der Waals surface area contributed by atoms with Crippen LogP contribution in [0.5, 0.6) is 6.01 Å². The fourth-order valence-corrected chi connectivity index (χ4v) is 4.91. The van der Waals surface area contributed by atoms with Gasteiger partial charge < -0.3 is 10.5 Å². The van der Waals surface area contributed by atoms with Gasteiger partial charge in [-0.25, -0.2) is 23.8 Å². The van der Waals surface area contributed by atoms with Crippen LogP contribution in [0.3, 0.4) is 0 Å². The number of nitrogens with two attached hydrogens (primary N) is 1. The van der Waals surface area contributed by atoms with Crippen molar-refractivity contribution < 1.29 is 14.3 Å². The summed E-state index contributed by atoms with van der Waals surface area (Å²) in [5.74, 6) is -0.0733. The predicted molar refractivity (Wildman–Crippen MR) is 148 cm³/mol. The van der Waals surface area contributed by atoms with Crippen LogP contribution in [0, 0.1) is 11.3 Å². The molecule has 3 heterocycles. The Morgan fingerprint density at radius 1 is 1.07 bits per heavy atom. The highest BCUT2D eigenvalue weighted by atomic mass is 16.5. The third-order valence-electron chi connectivity index (χ3n) is 6.84. The van der Waals surface area contributed by atoms with Crippen LogP contribution in [0.1, 0.15) is 28.4 Å². The molecule has 0 spiro atoms. The number of nitriles is 1. The lowest BCUT2D eigenvalue weighted by atomic mass is 9.94. The molecule has 1 saturated heterocycles. The molecular weight excluding hydrogens is 512 g/mol. The van der Waals surface area contributed by atoms with Gasteiger partial charge in [-0.3, -0.25) is 14.6 Å². The number of hydrogen-bond acceptors (Lipinski definition) is 7. The Balaban J connectivity index is 1.54. The lowest BCUT2D eigenvalue weighted by molar-refractivity contribution is 0.1000. The SMILES string of the molecule is CCc1c(-c2ccc(-n3c(OC)nn(C)c3=O)cc2C#N)ccnc1N1CCN(c2cccc(C(N)=O)c2)C1=O. The molecule has 1 aliphatic heterocycles. The van der Waals surface area contributed by atoms with Crippen molar-refractivity contribution in [3.05, 3.63) is 81.9 Å². The Bertz CT molecular complexity index is 1750. The number of urea groups is 1. The Morgan fingerprint density at radius 2 is 1.85 bits per heavy atom. The molecule has 12 nitrogen and oxygen atoms in total. The van der Waals surface area contributed by atoms with Gasteiger partial charge >= 0.3 is 17.7 Å². The average Bonchev–Trinajstić information content (AvgIpc) is 3.50. The second kappa shape index (κ2) is 10.4. The summed E-state index contributed by atoms with van der Waals surface area (Å²) in [5.41, 5.74) is 8.85. The Labute approximate surface area is 229 Å². The number of rotatable bonds is 7. The van der Waals surface area contributed by atoms with Crippen molar-refractivity contribution in [2.75, 3.05) is 30.0 Å². The fraction of sp³-hybridized carbons (Fsp3) is 0.214. The third-order valence-corrected chi connectivity index (χ3v) is 6.84. The van der Waals surface area contributed by atoms with Gasteiger partial charge in [0, 0.05) is 48.7 Å². The summed E-state index contributed by atoms with van der Waals surface area (Å²) >= 11 is 0. The number of aryl methyl sites for hydroxylation is 1. The van der Waals surface area contributed by atoms with E-state index in [1.54, 1.807) is 58.5 Å². The monoisotopic (exact) mass is 538 g/mol. The Kier molecular flexibility index (Phi) is 6.79. The van der Waals surface area contributed by atoms with Crippen LogP contribution < -0.4 is 26.0 Å². The normalized spacial score (nSPS) is 13.0. The van der Waals surface area contributed by atoms with Gasteiger partial charge in [0.25, 0.3) is 0 Å². The van der Waals surface area contributed by atoms with Gasteiger partial charge in [-0.05, 0) is 48.4 Å². The summed E-state index contributed by atoms with van der Waals surface area (Å²) in [5, 5.41) is 14.1. The summed E-state index contributed by atoms with van der Waals surface area (Å²) in [6, 6.07) is 15.6. The number of nitrogens with zero attached hydrogens (tertiary/aromatic N) is 7. The predicted octanol–water partition coefficient (Wildman–Crippen LogP) is 2.62. The fourth-order valence-electron chi connectivity index (χ4n) is 4.91. The average molecular weight is 539 g/mol. The van der Waals surface area contributed by atoms with Gasteiger partial charge in [-0.15, -0.1) is 5.10 Å². The molecule has 3 amide bonds. The zero-order valence-corrected chi connectivity index (χ0v) is 22.2.